The quantitative estimate of drug-likeness (QED) is 0.363. The van der Waals surface area contributed by atoms with Crippen LogP contribution in [0, 0.1) is 0 Å². The number of aliphatic hydroxyl groups is 1. The van der Waals surface area contributed by atoms with Gasteiger partial charge in [-0.25, -0.2) is 8.42 Å². The van der Waals surface area contributed by atoms with Crippen LogP contribution in [0.4, 0.5) is 0 Å². The third-order valence-electron chi connectivity index (χ3n) is 1.97. The first-order valence-corrected chi connectivity index (χ1v) is 5.05. The normalized spacial score (nSPS) is 35.2. The van der Waals surface area contributed by atoms with Crippen LogP contribution in [0.1, 0.15) is 19.8 Å². The molecule has 1 rings (SSSR count). The van der Waals surface area contributed by atoms with Gasteiger partial charge < -0.3 is 14.4 Å². The largest absolute Gasteiger partial charge is 1.00 e. The van der Waals surface area contributed by atoms with E-state index < -0.39 is 15.1 Å². The van der Waals surface area contributed by atoms with Crippen LogP contribution in [0.5, 0.6) is 0 Å². The predicted molar refractivity (Wildman–Crippen MR) is 39.3 cm³/mol. The summed E-state index contributed by atoms with van der Waals surface area (Å²) < 4.78 is 36.8. The van der Waals surface area contributed by atoms with Crippen molar-refractivity contribution in [2.75, 3.05) is 6.61 Å². The Balaban J connectivity index is 0.00000144. The molecule has 0 amide bonds. The molecule has 0 aromatic heterocycles. The fraction of sp³-hybridized carbons (Fsp3) is 1.00. The zero-order valence-corrected chi connectivity index (χ0v) is 10.5. The molecule has 2 unspecified atom stereocenters. The van der Waals surface area contributed by atoms with Gasteiger partial charge in [-0.05, 0) is 6.92 Å². The molecule has 1 heterocycles. The molecule has 0 aromatic carbocycles. The van der Waals surface area contributed by atoms with Gasteiger partial charge >= 0.3 is 29.6 Å². The average Bonchev–Trinajstić information content (AvgIpc) is 1.83. The minimum Gasteiger partial charge on any atom is -0.746 e. The SMILES string of the molecule is CC1CC(O)(S(=O)(=O)[O-])CCO1.[Na+]. The minimum atomic E-state index is -4.63. The van der Waals surface area contributed by atoms with Gasteiger partial charge in [-0.2, -0.15) is 0 Å². The summed E-state index contributed by atoms with van der Waals surface area (Å²) in [5.74, 6) is 0. The molecule has 0 aliphatic carbocycles. The average molecular weight is 218 g/mol. The van der Waals surface area contributed by atoms with Crippen molar-refractivity contribution in [1.82, 2.24) is 0 Å². The van der Waals surface area contributed by atoms with E-state index in [1.165, 1.54) is 0 Å². The molecule has 0 spiro atoms. The molecule has 0 bridgehead atoms. The van der Waals surface area contributed by atoms with Crippen molar-refractivity contribution < 1.29 is 52.4 Å². The van der Waals surface area contributed by atoms with E-state index in [2.05, 4.69) is 0 Å². The standard InChI is InChI=1S/C6H12O5S.Na/c1-5-4-6(7,2-3-11-5)12(8,9)10;/h5,7H,2-4H2,1H3,(H,8,9,10);/q;+1/p-1. The smallest absolute Gasteiger partial charge is 0.746 e. The Labute approximate surface area is 99.5 Å². The molecule has 5 nitrogen and oxygen atoms in total. The summed E-state index contributed by atoms with van der Waals surface area (Å²) in [5, 5.41) is 9.40. The van der Waals surface area contributed by atoms with E-state index in [1.54, 1.807) is 6.92 Å². The van der Waals surface area contributed by atoms with Gasteiger partial charge in [-0.3, -0.25) is 0 Å². The van der Waals surface area contributed by atoms with E-state index >= 15 is 0 Å². The molecular formula is C6H11NaO5S. The maximum atomic E-state index is 10.6. The molecule has 0 radical (unpaired) electrons. The van der Waals surface area contributed by atoms with Gasteiger partial charge in [0.1, 0.15) is 10.1 Å². The number of rotatable bonds is 1. The van der Waals surface area contributed by atoms with E-state index in [1.807, 2.05) is 0 Å². The molecular weight excluding hydrogens is 207 g/mol. The number of hydrogen-bond acceptors (Lipinski definition) is 5. The molecule has 1 aliphatic heterocycles. The molecule has 1 aliphatic rings. The van der Waals surface area contributed by atoms with Crippen LogP contribution in [0.15, 0.2) is 0 Å². The van der Waals surface area contributed by atoms with Crippen molar-refractivity contribution in [3.63, 3.8) is 0 Å². The van der Waals surface area contributed by atoms with E-state index in [0.29, 0.717) is 0 Å². The summed E-state index contributed by atoms with van der Waals surface area (Å²) in [5.41, 5.74) is 0. The first-order valence-electron chi connectivity index (χ1n) is 3.64. The first-order chi connectivity index (χ1) is 5.35. The Morgan fingerprint density at radius 2 is 2.15 bits per heavy atom. The van der Waals surface area contributed by atoms with Crippen LogP contribution < -0.4 is 29.6 Å². The predicted octanol–water partition coefficient (Wildman–Crippen LogP) is -3.58. The van der Waals surface area contributed by atoms with Gasteiger partial charge in [0.25, 0.3) is 0 Å². The molecule has 0 saturated carbocycles. The monoisotopic (exact) mass is 218 g/mol. The summed E-state index contributed by atoms with van der Waals surface area (Å²) in [6.45, 7) is 1.73. The van der Waals surface area contributed by atoms with Gasteiger partial charge in [0.2, 0.25) is 0 Å². The molecule has 1 saturated heterocycles. The molecule has 2 atom stereocenters. The van der Waals surface area contributed by atoms with Crippen LogP contribution in [-0.4, -0.2) is 35.7 Å². The van der Waals surface area contributed by atoms with E-state index in [9.17, 15) is 18.1 Å². The summed E-state index contributed by atoms with van der Waals surface area (Å²) >= 11 is 0. The Morgan fingerprint density at radius 3 is 2.46 bits per heavy atom. The molecule has 1 fully saturated rings. The summed E-state index contributed by atoms with van der Waals surface area (Å²) in [6.07, 6.45) is -0.658. The Kier molecular flexibility index (Phi) is 4.86. The molecule has 0 aromatic rings. The Morgan fingerprint density at radius 1 is 1.62 bits per heavy atom. The van der Waals surface area contributed by atoms with Crippen molar-refractivity contribution in [1.29, 1.82) is 0 Å². The van der Waals surface area contributed by atoms with Crippen LogP contribution in [0.25, 0.3) is 0 Å². The Bertz CT molecular complexity index is 264. The van der Waals surface area contributed by atoms with Gasteiger partial charge in [0, 0.05) is 12.8 Å². The van der Waals surface area contributed by atoms with E-state index in [-0.39, 0.29) is 55.1 Å². The maximum absolute atomic E-state index is 10.6. The van der Waals surface area contributed by atoms with Crippen LogP contribution in [0.3, 0.4) is 0 Å². The second-order valence-electron chi connectivity index (χ2n) is 3.04. The summed E-state index contributed by atoms with van der Waals surface area (Å²) in [7, 11) is -4.63. The zero-order valence-electron chi connectivity index (χ0n) is 7.69. The summed E-state index contributed by atoms with van der Waals surface area (Å²) in [6, 6.07) is 0. The molecule has 1 N–H and O–H groups in total. The second kappa shape index (κ2) is 4.57. The topological polar surface area (TPSA) is 86.7 Å². The second-order valence-corrected chi connectivity index (χ2v) is 4.70. The molecule has 72 valence electrons. The van der Waals surface area contributed by atoms with Crippen LogP contribution in [-0.2, 0) is 14.9 Å². The van der Waals surface area contributed by atoms with Gasteiger partial charge in [0.15, 0.2) is 4.93 Å². The van der Waals surface area contributed by atoms with Gasteiger partial charge in [-0.1, -0.05) is 0 Å². The van der Waals surface area contributed by atoms with Crippen molar-refractivity contribution in [2.24, 2.45) is 0 Å². The van der Waals surface area contributed by atoms with Crippen molar-refractivity contribution in [3.05, 3.63) is 0 Å². The third kappa shape index (κ3) is 3.16. The first kappa shape index (κ1) is 13.8. The minimum absolute atomic E-state index is 0. The van der Waals surface area contributed by atoms with Crippen LogP contribution in [0.2, 0.25) is 0 Å². The van der Waals surface area contributed by atoms with Crippen LogP contribution >= 0.6 is 0 Å². The molecule has 13 heavy (non-hydrogen) atoms. The fourth-order valence-corrected chi connectivity index (χ4v) is 2.03. The molecule has 7 heteroatoms. The van der Waals surface area contributed by atoms with Gasteiger partial charge in [-0.15, -0.1) is 0 Å². The Hall–Kier alpha value is 0.830. The number of hydrogen-bond donors (Lipinski definition) is 1. The van der Waals surface area contributed by atoms with Gasteiger partial charge in [0.05, 0.1) is 12.7 Å². The fourth-order valence-electron chi connectivity index (χ4n) is 1.26. The van der Waals surface area contributed by atoms with Crippen molar-refractivity contribution >= 4 is 10.1 Å². The van der Waals surface area contributed by atoms with Crippen molar-refractivity contribution in [2.45, 2.75) is 30.8 Å². The third-order valence-corrected chi connectivity index (χ3v) is 3.27. The van der Waals surface area contributed by atoms with E-state index in [4.69, 9.17) is 4.74 Å². The number of ether oxygens (including phenoxy) is 1. The van der Waals surface area contributed by atoms with E-state index in [0.717, 1.165) is 0 Å². The van der Waals surface area contributed by atoms with Crippen molar-refractivity contribution in [3.8, 4) is 0 Å². The maximum Gasteiger partial charge on any atom is 1.00 e. The summed E-state index contributed by atoms with van der Waals surface area (Å²) in [4.78, 5) is -2.12. The zero-order chi connectivity index (χ0) is 9.41.